The number of allylic oxidation sites excluding steroid dienone is 2. The van der Waals surface area contributed by atoms with Gasteiger partial charge in [0.2, 0.25) is 23.6 Å². The number of hydrogen-bond acceptors (Lipinski definition) is 13. The molecular formula is C44H40ClN7O10S. The average Bonchev–Trinajstić information content (AvgIpc) is 3.92. The topological polar surface area (TPSA) is 212 Å². The number of aliphatic hydroxyl groups is 1. The molecule has 9 rings (SSSR count). The largest absolute Gasteiger partial charge is 0.491 e. The van der Waals surface area contributed by atoms with Crippen molar-refractivity contribution in [1.29, 1.82) is 0 Å². The Morgan fingerprint density at radius 2 is 1.63 bits per heavy atom. The van der Waals surface area contributed by atoms with Crippen LogP contribution in [0, 0.1) is 56.2 Å². The van der Waals surface area contributed by atoms with E-state index < -0.39 is 79.9 Å². The van der Waals surface area contributed by atoms with Crippen molar-refractivity contribution < 1.29 is 38.9 Å². The maximum atomic E-state index is 15.2. The van der Waals surface area contributed by atoms with E-state index in [0.29, 0.717) is 27.6 Å². The van der Waals surface area contributed by atoms with Gasteiger partial charge < -0.3 is 14.7 Å². The lowest BCUT2D eigenvalue weighted by atomic mass is 9.51. The van der Waals surface area contributed by atoms with Gasteiger partial charge in [-0.1, -0.05) is 35.4 Å². The van der Waals surface area contributed by atoms with Gasteiger partial charge in [0.25, 0.3) is 0 Å². The van der Waals surface area contributed by atoms with E-state index in [1.807, 2.05) is 31.2 Å². The normalized spacial score (nSPS) is 24.1. The highest BCUT2D eigenvalue weighted by molar-refractivity contribution is 7.22. The number of halogens is 1. The number of amides is 4. The van der Waals surface area contributed by atoms with Gasteiger partial charge in [-0.05, 0) is 79.5 Å². The number of fused-ring (bicyclic) bond motifs is 5. The van der Waals surface area contributed by atoms with Crippen LogP contribution >= 0.6 is 22.9 Å². The second-order valence-corrected chi connectivity index (χ2v) is 18.3. The molecule has 19 heteroatoms. The van der Waals surface area contributed by atoms with Gasteiger partial charge in [0, 0.05) is 55.0 Å². The molecule has 17 nitrogen and oxygen atoms in total. The van der Waals surface area contributed by atoms with Crippen molar-refractivity contribution in [2.45, 2.75) is 32.6 Å². The molecule has 2 aromatic heterocycles. The summed E-state index contributed by atoms with van der Waals surface area (Å²) >= 11 is 7.84. The summed E-state index contributed by atoms with van der Waals surface area (Å²) in [4.78, 5) is 86.4. The number of anilines is 3. The van der Waals surface area contributed by atoms with Crippen LogP contribution in [-0.4, -0.2) is 75.7 Å². The second-order valence-electron chi connectivity index (χ2n) is 16.8. The zero-order valence-electron chi connectivity index (χ0n) is 34.6. The molecule has 0 unspecified atom stereocenters. The Bertz CT molecular complexity index is 2840. The number of carbonyl (C=O) groups is 4. The Hall–Kier alpha value is -6.50. The van der Waals surface area contributed by atoms with Crippen molar-refractivity contribution in [3.05, 3.63) is 109 Å². The van der Waals surface area contributed by atoms with Crippen LogP contribution < -0.4 is 19.4 Å². The van der Waals surface area contributed by atoms with E-state index in [4.69, 9.17) is 21.4 Å². The van der Waals surface area contributed by atoms with Crippen LogP contribution in [0.1, 0.15) is 36.8 Å². The molecule has 324 valence electrons. The first-order valence-corrected chi connectivity index (χ1v) is 21.3. The Labute approximate surface area is 368 Å². The van der Waals surface area contributed by atoms with Crippen molar-refractivity contribution in [3.8, 4) is 16.3 Å². The first-order chi connectivity index (χ1) is 30.0. The molecule has 6 atom stereocenters. The van der Waals surface area contributed by atoms with Gasteiger partial charge >= 0.3 is 11.4 Å². The molecule has 0 bridgehead atoms. The zero-order valence-corrected chi connectivity index (χ0v) is 36.2. The SMILES string of the molecule is Cc1c(-c2cc(N3C(=O)[C@@H]4C[C@@H]5C(=CC[C@@H]6C(=O)N(c7cc([N+](=O)[O-])c(N(C)C)c([N+](=O)[O-])c7)C(=O)[C@@H]65)[C@H](c5ccc(OCCO)cc5)[C@]4(C)C3=O)n(C)n2)sc2ccc(Cl)cc12. The van der Waals surface area contributed by atoms with Crippen LogP contribution in [0.2, 0.25) is 5.02 Å². The van der Waals surface area contributed by atoms with Crippen molar-refractivity contribution in [3.63, 3.8) is 0 Å². The van der Waals surface area contributed by atoms with Crippen LogP contribution in [0.25, 0.3) is 20.7 Å². The molecule has 3 aromatic carbocycles. The van der Waals surface area contributed by atoms with Gasteiger partial charge in [0.15, 0.2) is 5.69 Å². The van der Waals surface area contributed by atoms with E-state index in [-0.39, 0.29) is 43.2 Å². The number of aromatic nitrogens is 2. The Balaban J connectivity index is 1.14. The minimum absolute atomic E-state index is 0.0202. The number of ether oxygens (including phenoxy) is 1. The third-order valence-corrected chi connectivity index (χ3v) is 14.7. The van der Waals surface area contributed by atoms with Gasteiger partial charge in [-0.3, -0.25) is 44.1 Å². The van der Waals surface area contributed by atoms with Crippen molar-refractivity contribution in [1.82, 2.24) is 9.78 Å². The Morgan fingerprint density at radius 3 is 2.27 bits per heavy atom. The zero-order chi connectivity index (χ0) is 45.0. The fourth-order valence-electron chi connectivity index (χ4n) is 10.5. The molecule has 5 aromatic rings. The van der Waals surface area contributed by atoms with E-state index in [2.05, 4.69) is 0 Å². The number of nitro groups is 2. The van der Waals surface area contributed by atoms with Crippen molar-refractivity contribution in [2.75, 3.05) is 42.0 Å². The number of hydrogen-bond donors (Lipinski definition) is 1. The number of imide groups is 2. The molecule has 2 aliphatic heterocycles. The maximum absolute atomic E-state index is 15.2. The quantitative estimate of drug-likeness (QED) is 0.0653. The summed E-state index contributed by atoms with van der Waals surface area (Å²) in [6, 6.07) is 16.3. The van der Waals surface area contributed by atoms with Crippen molar-refractivity contribution in [2.24, 2.45) is 36.1 Å². The summed E-state index contributed by atoms with van der Waals surface area (Å²) < 4.78 is 8.13. The van der Waals surface area contributed by atoms with Gasteiger partial charge in [-0.25, -0.2) is 9.80 Å². The molecule has 4 amide bonds. The molecule has 2 aliphatic carbocycles. The van der Waals surface area contributed by atoms with Crippen LogP contribution in [0.4, 0.5) is 28.6 Å². The third kappa shape index (κ3) is 6.24. The average molecular weight is 894 g/mol. The lowest BCUT2D eigenvalue weighted by Crippen LogP contribution is -2.48. The molecule has 63 heavy (non-hydrogen) atoms. The number of aliphatic hydroxyl groups excluding tert-OH is 1. The highest BCUT2D eigenvalue weighted by Gasteiger charge is 2.68. The number of aryl methyl sites for hydroxylation is 2. The third-order valence-electron chi connectivity index (χ3n) is 13.2. The molecule has 0 radical (unpaired) electrons. The molecular weight excluding hydrogens is 854 g/mol. The van der Waals surface area contributed by atoms with E-state index in [9.17, 15) is 34.9 Å². The number of nitro benzene ring substituents is 2. The fraction of sp³-hybridized carbons (Fsp3) is 0.341. The lowest BCUT2D eigenvalue weighted by molar-refractivity contribution is -0.392. The highest BCUT2D eigenvalue weighted by atomic mass is 35.5. The monoisotopic (exact) mass is 893 g/mol. The van der Waals surface area contributed by atoms with Gasteiger partial charge in [0.05, 0.1) is 50.2 Å². The van der Waals surface area contributed by atoms with E-state index in [1.165, 1.54) is 39.9 Å². The number of carbonyl (C=O) groups excluding carboxylic acids is 4. The smallest absolute Gasteiger partial charge is 0.301 e. The minimum atomic E-state index is -1.39. The van der Waals surface area contributed by atoms with Crippen LogP contribution in [0.3, 0.4) is 0 Å². The molecule has 2 saturated heterocycles. The molecule has 3 fully saturated rings. The van der Waals surface area contributed by atoms with Gasteiger partial charge in [0.1, 0.15) is 23.9 Å². The molecule has 4 heterocycles. The summed E-state index contributed by atoms with van der Waals surface area (Å²) in [6.07, 6.45) is 1.96. The molecule has 1 N–H and O–H groups in total. The standard InChI is InChI=1S/C44H40ClN7O10S/c1-21-28-16-23(45)8-13-34(28)63-39(21)31-20-35(48(5)46-31)50-41(55)30-19-29-26(37(44(30,2)43(50)57)22-6-9-25(10-7-22)62-15-14-53)11-12-27-36(29)42(56)49(40(27)54)24-17-32(51(58)59)38(47(3)4)33(18-24)52(60)61/h6-11,13,16-18,20,27,29-30,36-37,53H,12,14-15,19H2,1-5H3/t27-,29+,30-,36-,37-,44+/m0/s1. The van der Waals surface area contributed by atoms with E-state index in [0.717, 1.165) is 37.6 Å². The lowest BCUT2D eigenvalue weighted by Gasteiger charge is -2.49. The highest BCUT2D eigenvalue weighted by Crippen LogP contribution is 2.64. The number of nitrogens with zero attached hydrogens (tertiary/aromatic N) is 7. The predicted octanol–water partition coefficient (Wildman–Crippen LogP) is 6.95. The molecule has 1 saturated carbocycles. The Kier molecular flexibility index (Phi) is 10.0. The van der Waals surface area contributed by atoms with Crippen LogP contribution in [-0.2, 0) is 26.2 Å². The summed E-state index contributed by atoms with van der Waals surface area (Å²) in [5.41, 5.74) is -0.442. The first kappa shape index (κ1) is 41.8. The molecule has 0 spiro atoms. The number of thiophene rings is 1. The minimum Gasteiger partial charge on any atom is -0.491 e. The Morgan fingerprint density at radius 1 is 0.952 bits per heavy atom. The maximum Gasteiger partial charge on any atom is 0.301 e. The molecule has 4 aliphatic rings. The summed E-state index contributed by atoms with van der Waals surface area (Å²) in [5, 5.41) is 40.2. The van der Waals surface area contributed by atoms with Gasteiger partial charge in [-0.2, -0.15) is 5.10 Å². The van der Waals surface area contributed by atoms with Crippen molar-refractivity contribution >= 4 is 85.2 Å². The number of rotatable bonds is 10. The first-order valence-electron chi connectivity index (χ1n) is 20.1. The van der Waals surface area contributed by atoms with Crippen LogP contribution in [0.15, 0.2) is 72.3 Å². The summed E-state index contributed by atoms with van der Waals surface area (Å²) in [6.45, 7) is 3.58. The second kappa shape index (κ2) is 15.1. The van der Waals surface area contributed by atoms with Gasteiger partial charge in [-0.15, -0.1) is 11.3 Å². The van der Waals surface area contributed by atoms with E-state index in [1.54, 1.807) is 44.3 Å². The summed E-state index contributed by atoms with van der Waals surface area (Å²) in [7, 11) is 4.49. The fourth-order valence-corrected chi connectivity index (χ4v) is 11.8. The van der Waals surface area contributed by atoms with E-state index >= 15 is 9.59 Å². The summed E-state index contributed by atoms with van der Waals surface area (Å²) in [5.74, 6) is -6.09. The number of benzene rings is 3. The van der Waals surface area contributed by atoms with Crippen LogP contribution in [0.5, 0.6) is 5.75 Å². The predicted molar refractivity (Wildman–Crippen MR) is 234 cm³/mol.